The second-order valence-corrected chi connectivity index (χ2v) is 4.56. The molecule has 2 aromatic carbocycles. The highest BCUT2D eigenvalue weighted by molar-refractivity contribution is 5.91. The summed E-state index contributed by atoms with van der Waals surface area (Å²) in [5.74, 6) is 0.642. The zero-order chi connectivity index (χ0) is 15.9. The first-order chi connectivity index (χ1) is 10.6. The van der Waals surface area contributed by atoms with Crippen molar-refractivity contribution in [2.24, 2.45) is 0 Å². The lowest BCUT2D eigenvalue weighted by molar-refractivity contribution is -0.118. The molecule has 0 saturated heterocycles. The van der Waals surface area contributed by atoms with Crippen LogP contribution in [0.25, 0.3) is 0 Å². The molecule has 114 valence electrons. The van der Waals surface area contributed by atoms with Crippen LogP contribution >= 0.6 is 0 Å². The minimum atomic E-state index is -0.512. The van der Waals surface area contributed by atoms with Crippen LogP contribution in [-0.4, -0.2) is 25.5 Å². The van der Waals surface area contributed by atoms with Gasteiger partial charge in [0.2, 0.25) is 0 Å². The van der Waals surface area contributed by atoms with Crippen LogP contribution in [0.1, 0.15) is 17.3 Å². The van der Waals surface area contributed by atoms with Crippen molar-refractivity contribution in [3.8, 4) is 17.2 Å². The molecule has 0 amide bonds. The summed E-state index contributed by atoms with van der Waals surface area (Å²) in [4.78, 5) is 23.1. The molecule has 0 aromatic heterocycles. The molecule has 0 bridgehead atoms. The highest BCUT2D eigenvalue weighted by atomic mass is 16.6. The lowest BCUT2D eigenvalue weighted by Crippen LogP contribution is -2.11. The van der Waals surface area contributed by atoms with E-state index in [4.69, 9.17) is 14.2 Å². The van der Waals surface area contributed by atoms with Crippen LogP contribution in [0.3, 0.4) is 0 Å². The van der Waals surface area contributed by atoms with Gasteiger partial charge in [0, 0.05) is 0 Å². The Morgan fingerprint density at radius 2 is 1.59 bits per heavy atom. The number of benzene rings is 2. The third kappa shape index (κ3) is 4.09. The highest BCUT2D eigenvalue weighted by Gasteiger charge is 2.12. The van der Waals surface area contributed by atoms with E-state index >= 15 is 0 Å². The quantitative estimate of drug-likeness (QED) is 0.606. The second-order valence-electron chi connectivity index (χ2n) is 4.56. The fourth-order valence-corrected chi connectivity index (χ4v) is 1.72. The van der Waals surface area contributed by atoms with Gasteiger partial charge in [0.25, 0.3) is 0 Å². The average molecular weight is 300 g/mol. The Labute approximate surface area is 128 Å². The van der Waals surface area contributed by atoms with Crippen LogP contribution in [0.15, 0.2) is 48.5 Å². The summed E-state index contributed by atoms with van der Waals surface area (Å²) < 4.78 is 15.7. The van der Waals surface area contributed by atoms with Gasteiger partial charge in [-0.2, -0.15) is 0 Å². The number of Topliss-reactive ketones (excluding diaryl/α,β-unsaturated/α-hetero) is 1. The fraction of sp³-hybridized carbons (Fsp3) is 0.176. The van der Waals surface area contributed by atoms with Crippen LogP contribution < -0.4 is 14.2 Å². The zero-order valence-electron chi connectivity index (χ0n) is 12.4. The normalized spacial score (nSPS) is 9.91. The smallest absolute Gasteiger partial charge is 0.343 e. The number of para-hydroxylation sites is 2. The molecule has 0 fully saturated rings. The van der Waals surface area contributed by atoms with Crippen molar-refractivity contribution in [2.45, 2.75) is 6.92 Å². The number of rotatable bonds is 6. The van der Waals surface area contributed by atoms with Gasteiger partial charge in [0.1, 0.15) is 12.4 Å². The number of ketones is 1. The van der Waals surface area contributed by atoms with Crippen LogP contribution in [0, 0.1) is 0 Å². The van der Waals surface area contributed by atoms with Crippen molar-refractivity contribution in [1.29, 1.82) is 0 Å². The SMILES string of the molecule is COc1ccc(C(=O)Oc2ccccc2OCC(C)=O)cc1. The van der Waals surface area contributed by atoms with Crippen LogP contribution in [0.5, 0.6) is 17.2 Å². The Balaban J connectivity index is 2.11. The summed E-state index contributed by atoms with van der Waals surface area (Å²) in [6.45, 7) is 1.35. The van der Waals surface area contributed by atoms with E-state index in [0.717, 1.165) is 0 Å². The minimum absolute atomic E-state index is 0.0723. The lowest BCUT2D eigenvalue weighted by Gasteiger charge is -2.10. The molecular weight excluding hydrogens is 284 g/mol. The molecule has 0 aliphatic carbocycles. The first-order valence-electron chi connectivity index (χ1n) is 6.67. The van der Waals surface area contributed by atoms with E-state index in [1.807, 2.05) is 0 Å². The van der Waals surface area contributed by atoms with E-state index in [1.54, 1.807) is 55.6 Å². The third-order valence-electron chi connectivity index (χ3n) is 2.81. The number of ether oxygens (including phenoxy) is 3. The molecule has 2 rings (SSSR count). The molecule has 2 aromatic rings. The Hall–Kier alpha value is -2.82. The molecule has 22 heavy (non-hydrogen) atoms. The largest absolute Gasteiger partial charge is 0.497 e. The predicted octanol–water partition coefficient (Wildman–Crippen LogP) is 2.88. The number of carbonyl (C=O) groups excluding carboxylic acids is 2. The number of carbonyl (C=O) groups is 2. The van der Waals surface area contributed by atoms with Gasteiger partial charge in [-0.15, -0.1) is 0 Å². The molecule has 0 saturated carbocycles. The summed E-state index contributed by atoms with van der Waals surface area (Å²) in [5.41, 5.74) is 0.391. The minimum Gasteiger partial charge on any atom is -0.497 e. The monoisotopic (exact) mass is 300 g/mol. The van der Waals surface area contributed by atoms with E-state index in [1.165, 1.54) is 6.92 Å². The topological polar surface area (TPSA) is 61.8 Å². The first-order valence-corrected chi connectivity index (χ1v) is 6.67. The average Bonchev–Trinajstić information content (AvgIpc) is 2.54. The van der Waals surface area contributed by atoms with Crippen molar-refractivity contribution >= 4 is 11.8 Å². The molecule has 5 nitrogen and oxygen atoms in total. The van der Waals surface area contributed by atoms with E-state index in [9.17, 15) is 9.59 Å². The van der Waals surface area contributed by atoms with E-state index in [2.05, 4.69) is 0 Å². The van der Waals surface area contributed by atoms with Crippen molar-refractivity contribution in [1.82, 2.24) is 0 Å². The van der Waals surface area contributed by atoms with Crippen LogP contribution in [0.4, 0.5) is 0 Å². The van der Waals surface area contributed by atoms with Gasteiger partial charge in [-0.3, -0.25) is 4.79 Å². The fourth-order valence-electron chi connectivity index (χ4n) is 1.72. The summed E-state index contributed by atoms with van der Waals surface area (Å²) >= 11 is 0. The molecule has 0 heterocycles. The number of hydrogen-bond acceptors (Lipinski definition) is 5. The molecule has 0 atom stereocenters. The van der Waals surface area contributed by atoms with E-state index < -0.39 is 5.97 Å². The maximum absolute atomic E-state index is 12.1. The predicted molar refractivity (Wildman–Crippen MR) is 80.6 cm³/mol. The first kappa shape index (κ1) is 15.6. The molecule has 0 spiro atoms. The molecular formula is C17H16O5. The van der Waals surface area contributed by atoms with E-state index in [-0.39, 0.29) is 18.1 Å². The van der Waals surface area contributed by atoms with Gasteiger partial charge in [0.15, 0.2) is 17.3 Å². The van der Waals surface area contributed by atoms with Crippen LogP contribution in [-0.2, 0) is 4.79 Å². The highest BCUT2D eigenvalue weighted by Crippen LogP contribution is 2.27. The maximum atomic E-state index is 12.1. The standard InChI is InChI=1S/C17H16O5/c1-12(18)11-21-15-5-3-4-6-16(15)22-17(19)13-7-9-14(20-2)10-8-13/h3-10H,11H2,1-2H3. The summed E-state index contributed by atoms with van der Waals surface area (Å²) in [5, 5.41) is 0. The molecule has 0 radical (unpaired) electrons. The molecule has 0 unspecified atom stereocenters. The van der Waals surface area contributed by atoms with Gasteiger partial charge < -0.3 is 14.2 Å². The van der Waals surface area contributed by atoms with Crippen molar-refractivity contribution in [2.75, 3.05) is 13.7 Å². The Bertz CT molecular complexity index is 661. The summed E-state index contributed by atoms with van der Waals surface area (Å²) in [6.07, 6.45) is 0. The lowest BCUT2D eigenvalue weighted by atomic mass is 10.2. The Morgan fingerprint density at radius 3 is 2.18 bits per heavy atom. The summed E-state index contributed by atoms with van der Waals surface area (Å²) in [7, 11) is 1.55. The van der Waals surface area contributed by atoms with Gasteiger partial charge >= 0.3 is 5.97 Å². The maximum Gasteiger partial charge on any atom is 0.343 e. The van der Waals surface area contributed by atoms with Gasteiger partial charge in [0.05, 0.1) is 12.7 Å². The second kappa shape index (κ2) is 7.26. The molecule has 5 heteroatoms. The Morgan fingerprint density at radius 1 is 0.955 bits per heavy atom. The van der Waals surface area contributed by atoms with Crippen LogP contribution in [0.2, 0.25) is 0 Å². The van der Waals surface area contributed by atoms with E-state index in [0.29, 0.717) is 17.1 Å². The van der Waals surface area contributed by atoms with Gasteiger partial charge in [-0.25, -0.2) is 4.79 Å². The molecule has 0 N–H and O–H groups in total. The number of methoxy groups -OCH3 is 1. The molecule has 0 aliphatic heterocycles. The van der Waals surface area contributed by atoms with Gasteiger partial charge in [-0.1, -0.05) is 12.1 Å². The Kier molecular flexibility index (Phi) is 5.14. The molecule has 0 aliphatic rings. The van der Waals surface area contributed by atoms with Crippen molar-refractivity contribution in [3.63, 3.8) is 0 Å². The summed E-state index contributed by atoms with van der Waals surface area (Å²) in [6, 6.07) is 13.3. The van der Waals surface area contributed by atoms with Gasteiger partial charge in [-0.05, 0) is 43.3 Å². The van der Waals surface area contributed by atoms with Crippen molar-refractivity contribution < 1.29 is 23.8 Å². The van der Waals surface area contributed by atoms with Crippen molar-refractivity contribution in [3.05, 3.63) is 54.1 Å². The number of esters is 1. The zero-order valence-corrected chi connectivity index (χ0v) is 12.4. The third-order valence-corrected chi connectivity index (χ3v) is 2.81. The number of hydrogen-bond donors (Lipinski definition) is 0.